The monoisotopic (exact) mass is 298 g/mol. The average molecular weight is 298 g/mol. The van der Waals surface area contributed by atoms with Crippen LogP contribution in [-0.4, -0.2) is 47.7 Å². The maximum atomic E-state index is 12.2. The molecule has 0 saturated heterocycles. The third kappa shape index (κ3) is 7.82. The van der Waals surface area contributed by atoms with Crippen molar-refractivity contribution in [2.45, 2.75) is 38.8 Å². The first-order chi connectivity index (χ1) is 9.35. The number of carbonyl (C=O) groups is 1. The molecule has 112 valence electrons. The topological polar surface area (TPSA) is 78.3 Å². The van der Waals surface area contributed by atoms with Crippen molar-refractivity contribution >= 4 is 17.9 Å². The number of terminal acetylenes is 1. The van der Waals surface area contributed by atoms with Crippen molar-refractivity contribution in [1.29, 1.82) is 0 Å². The molecule has 0 spiro atoms. The van der Waals surface area contributed by atoms with Crippen LogP contribution >= 0.6 is 11.8 Å². The second kappa shape index (κ2) is 9.40. The van der Waals surface area contributed by atoms with E-state index in [1.807, 2.05) is 6.26 Å². The highest BCUT2D eigenvalue weighted by Crippen LogP contribution is 2.15. The van der Waals surface area contributed by atoms with E-state index < -0.39 is 11.7 Å². The highest BCUT2D eigenvalue weighted by atomic mass is 32.2. The third-order valence-corrected chi connectivity index (χ3v) is 2.99. The van der Waals surface area contributed by atoms with Gasteiger partial charge in [0.25, 0.3) is 0 Å². The Morgan fingerprint density at radius 1 is 1.60 bits per heavy atom. The van der Waals surface area contributed by atoms with Crippen LogP contribution in [0, 0.1) is 12.3 Å². The molecule has 0 aromatic rings. The van der Waals surface area contributed by atoms with Crippen molar-refractivity contribution < 1.29 is 9.53 Å². The van der Waals surface area contributed by atoms with Gasteiger partial charge in [0.1, 0.15) is 5.60 Å². The molecule has 0 bridgehead atoms. The molecule has 6 nitrogen and oxygen atoms in total. The zero-order valence-corrected chi connectivity index (χ0v) is 13.3. The maximum absolute atomic E-state index is 12.2. The molecule has 0 rings (SSSR count). The molecule has 0 N–H and O–H groups in total. The van der Waals surface area contributed by atoms with Gasteiger partial charge in [-0.15, -0.1) is 6.42 Å². The molecule has 0 aromatic heterocycles. The molecule has 0 aliphatic rings. The summed E-state index contributed by atoms with van der Waals surface area (Å²) in [4.78, 5) is 16.4. The maximum Gasteiger partial charge on any atom is 0.411 e. The standard InChI is InChI=1S/C13H22N4O2S/c1-6-8-17(12(18)19-13(2,3)4)11(7-9-20-5)10-15-16-14/h1,11H,7-10H2,2-5H3/t11-/m0/s1. The van der Waals surface area contributed by atoms with E-state index in [1.54, 1.807) is 32.5 Å². The van der Waals surface area contributed by atoms with E-state index in [1.165, 1.54) is 4.90 Å². The Labute approximate surface area is 124 Å². The van der Waals surface area contributed by atoms with Crippen molar-refractivity contribution in [1.82, 2.24) is 4.90 Å². The minimum Gasteiger partial charge on any atom is -0.444 e. The van der Waals surface area contributed by atoms with Gasteiger partial charge < -0.3 is 4.74 Å². The first-order valence-corrected chi connectivity index (χ1v) is 7.68. The number of amides is 1. The summed E-state index contributed by atoms with van der Waals surface area (Å²) in [6.45, 7) is 5.71. The Morgan fingerprint density at radius 3 is 2.70 bits per heavy atom. The summed E-state index contributed by atoms with van der Waals surface area (Å²) < 4.78 is 5.34. The van der Waals surface area contributed by atoms with Gasteiger partial charge in [-0.25, -0.2) is 4.79 Å². The van der Waals surface area contributed by atoms with E-state index in [-0.39, 0.29) is 19.1 Å². The minimum absolute atomic E-state index is 0.134. The van der Waals surface area contributed by atoms with E-state index in [2.05, 4.69) is 15.9 Å². The summed E-state index contributed by atoms with van der Waals surface area (Å²) in [6, 6.07) is -0.246. The van der Waals surface area contributed by atoms with Crippen molar-refractivity contribution in [3.8, 4) is 12.3 Å². The average Bonchev–Trinajstić information content (AvgIpc) is 2.35. The molecule has 1 atom stereocenters. The lowest BCUT2D eigenvalue weighted by molar-refractivity contribution is 0.0196. The highest BCUT2D eigenvalue weighted by molar-refractivity contribution is 7.98. The molecule has 0 radical (unpaired) electrons. The van der Waals surface area contributed by atoms with Gasteiger partial charge in [-0.1, -0.05) is 11.0 Å². The Bertz CT molecular complexity index is 394. The van der Waals surface area contributed by atoms with Crippen LogP contribution in [0.1, 0.15) is 27.2 Å². The Kier molecular flexibility index (Phi) is 8.69. The van der Waals surface area contributed by atoms with Crippen LogP contribution in [-0.2, 0) is 4.74 Å². The first-order valence-electron chi connectivity index (χ1n) is 6.28. The molecule has 1 amide bonds. The summed E-state index contributed by atoms with van der Waals surface area (Å²) in [7, 11) is 0. The normalized spacial score (nSPS) is 11.9. The van der Waals surface area contributed by atoms with Crippen LogP contribution < -0.4 is 0 Å². The van der Waals surface area contributed by atoms with Crippen LogP contribution in [0.2, 0.25) is 0 Å². The van der Waals surface area contributed by atoms with Crippen molar-refractivity contribution in [2.24, 2.45) is 5.11 Å². The number of azide groups is 1. The lowest BCUT2D eigenvalue weighted by atomic mass is 10.2. The molecule has 0 aromatic carbocycles. The van der Waals surface area contributed by atoms with Crippen LogP contribution in [0.25, 0.3) is 10.4 Å². The van der Waals surface area contributed by atoms with Gasteiger partial charge in [0.2, 0.25) is 0 Å². The Hall–Kier alpha value is -1.51. The van der Waals surface area contributed by atoms with Gasteiger partial charge in [-0.05, 0) is 44.7 Å². The van der Waals surface area contributed by atoms with E-state index in [0.29, 0.717) is 6.42 Å². The second-order valence-corrected chi connectivity index (χ2v) is 6.15. The van der Waals surface area contributed by atoms with E-state index in [4.69, 9.17) is 16.7 Å². The lowest BCUT2D eigenvalue weighted by Crippen LogP contribution is -2.45. The number of hydrogen-bond acceptors (Lipinski definition) is 4. The van der Waals surface area contributed by atoms with Crippen LogP contribution in [0.4, 0.5) is 4.79 Å². The Balaban J connectivity index is 4.99. The van der Waals surface area contributed by atoms with Gasteiger partial charge in [-0.3, -0.25) is 4.90 Å². The minimum atomic E-state index is -0.591. The van der Waals surface area contributed by atoms with Crippen molar-refractivity contribution in [3.63, 3.8) is 0 Å². The zero-order chi connectivity index (χ0) is 15.6. The molecule has 0 aliphatic heterocycles. The van der Waals surface area contributed by atoms with E-state index in [0.717, 1.165) is 5.75 Å². The molecular weight excluding hydrogens is 276 g/mol. The predicted molar refractivity (Wildman–Crippen MR) is 82.6 cm³/mol. The summed E-state index contributed by atoms with van der Waals surface area (Å²) in [5, 5.41) is 3.56. The number of hydrogen-bond donors (Lipinski definition) is 0. The lowest BCUT2D eigenvalue weighted by Gasteiger charge is -2.31. The van der Waals surface area contributed by atoms with Crippen LogP contribution in [0.15, 0.2) is 5.11 Å². The molecule has 7 heteroatoms. The van der Waals surface area contributed by atoms with Gasteiger partial charge >= 0.3 is 6.09 Å². The first kappa shape index (κ1) is 18.5. The molecule has 0 fully saturated rings. The molecule has 0 heterocycles. The fourth-order valence-electron chi connectivity index (χ4n) is 1.49. The fraction of sp³-hybridized carbons (Fsp3) is 0.769. The summed E-state index contributed by atoms with van der Waals surface area (Å²) >= 11 is 1.66. The zero-order valence-electron chi connectivity index (χ0n) is 12.5. The van der Waals surface area contributed by atoms with Gasteiger partial charge in [-0.2, -0.15) is 11.8 Å². The summed E-state index contributed by atoms with van der Waals surface area (Å²) in [5.41, 5.74) is 7.86. The second-order valence-electron chi connectivity index (χ2n) is 5.16. The SMILES string of the molecule is C#CCN(C(=O)OC(C)(C)C)[C@@H](CCSC)CN=[N+]=[N-]. The van der Waals surface area contributed by atoms with Crippen LogP contribution in [0.3, 0.4) is 0 Å². The highest BCUT2D eigenvalue weighted by Gasteiger charge is 2.27. The fourth-order valence-corrected chi connectivity index (χ4v) is 2.00. The Morgan fingerprint density at radius 2 is 2.25 bits per heavy atom. The quantitative estimate of drug-likeness (QED) is 0.313. The number of rotatable bonds is 7. The smallest absolute Gasteiger partial charge is 0.411 e. The molecular formula is C13H22N4O2S. The molecule has 0 unspecified atom stereocenters. The third-order valence-electron chi connectivity index (χ3n) is 2.34. The number of nitrogens with zero attached hydrogens (tertiary/aromatic N) is 4. The van der Waals surface area contributed by atoms with Crippen molar-refractivity contribution in [2.75, 3.05) is 25.1 Å². The number of carbonyl (C=O) groups excluding carboxylic acids is 1. The largest absolute Gasteiger partial charge is 0.444 e. The summed E-state index contributed by atoms with van der Waals surface area (Å²) in [6.07, 6.45) is 7.51. The van der Waals surface area contributed by atoms with Gasteiger partial charge in [0, 0.05) is 17.5 Å². The molecule has 0 aliphatic carbocycles. The number of thioether (sulfide) groups is 1. The number of ether oxygens (including phenoxy) is 1. The van der Waals surface area contributed by atoms with Gasteiger partial charge in [0.05, 0.1) is 6.54 Å². The van der Waals surface area contributed by atoms with E-state index in [9.17, 15) is 4.79 Å². The van der Waals surface area contributed by atoms with E-state index >= 15 is 0 Å². The summed E-state index contributed by atoms with van der Waals surface area (Å²) in [5.74, 6) is 3.29. The van der Waals surface area contributed by atoms with Crippen LogP contribution in [0.5, 0.6) is 0 Å². The predicted octanol–water partition coefficient (Wildman–Crippen LogP) is 3.29. The van der Waals surface area contributed by atoms with Crippen molar-refractivity contribution in [3.05, 3.63) is 10.4 Å². The molecule has 0 saturated carbocycles. The molecule has 20 heavy (non-hydrogen) atoms. The van der Waals surface area contributed by atoms with Gasteiger partial charge in [0.15, 0.2) is 0 Å².